The molecule has 1 saturated heterocycles. The summed E-state index contributed by atoms with van der Waals surface area (Å²) < 4.78 is 5.34. The van der Waals surface area contributed by atoms with Crippen molar-refractivity contribution in [2.24, 2.45) is 0 Å². The lowest BCUT2D eigenvalue weighted by molar-refractivity contribution is -0.0392. The van der Waals surface area contributed by atoms with Gasteiger partial charge in [-0.05, 0) is 54.1 Å². The first-order valence-corrected chi connectivity index (χ1v) is 6.96. The molecule has 1 amide bonds. The van der Waals surface area contributed by atoms with Gasteiger partial charge in [-0.3, -0.25) is 0 Å². The van der Waals surface area contributed by atoms with Crippen molar-refractivity contribution in [3.8, 4) is 0 Å². The van der Waals surface area contributed by atoms with Crippen molar-refractivity contribution in [3.05, 3.63) is 0 Å². The first kappa shape index (κ1) is 16.2. The Morgan fingerprint density at radius 3 is 2.26 bits per heavy atom. The molecule has 0 spiro atoms. The molecule has 0 aromatic heterocycles. The van der Waals surface area contributed by atoms with Crippen LogP contribution in [0.25, 0.3) is 0 Å². The molecule has 1 N–H and O–H groups in total. The maximum Gasteiger partial charge on any atom is 0.410 e. The summed E-state index contributed by atoms with van der Waals surface area (Å²) >= 11 is 0. The molecule has 0 bridgehead atoms. The van der Waals surface area contributed by atoms with E-state index in [4.69, 9.17) is 4.74 Å². The average molecular weight is 272 g/mol. The summed E-state index contributed by atoms with van der Waals surface area (Å²) in [6.07, 6.45) is 1.73. The van der Waals surface area contributed by atoms with E-state index in [1.807, 2.05) is 34.9 Å². The highest BCUT2D eigenvalue weighted by molar-refractivity contribution is 5.68. The largest absolute Gasteiger partial charge is 0.444 e. The molecule has 1 aliphatic heterocycles. The summed E-state index contributed by atoms with van der Waals surface area (Å²) in [5.41, 5.74) is -1.10. The van der Waals surface area contributed by atoms with Crippen LogP contribution in [0.4, 0.5) is 4.79 Å². The predicted octanol–water partition coefficient (Wildman–Crippen LogP) is 1.70. The summed E-state index contributed by atoms with van der Waals surface area (Å²) in [6, 6.07) is 0. The second-order valence-corrected chi connectivity index (χ2v) is 6.75. The van der Waals surface area contributed by atoms with E-state index in [9.17, 15) is 9.90 Å². The summed E-state index contributed by atoms with van der Waals surface area (Å²) in [4.78, 5) is 15.7. The van der Waals surface area contributed by atoms with Gasteiger partial charge in [-0.2, -0.15) is 0 Å². The zero-order valence-corrected chi connectivity index (χ0v) is 12.9. The van der Waals surface area contributed by atoms with Crippen LogP contribution in [0.15, 0.2) is 0 Å². The SMILES string of the molecule is CN(C)CCC1(O)CCN(C(=O)OC(C)(C)C)CC1. The average Bonchev–Trinajstić information content (AvgIpc) is 2.25. The van der Waals surface area contributed by atoms with Gasteiger partial charge in [0.25, 0.3) is 0 Å². The lowest BCUT2D eigenvalue weighted by Gasteiger charge is -2.39. The maximum atomic E-state index is 11.9. The van der Waals surface area contributed by atoms with Crippen LogP contribution in [0.2, 0.25) is 0 Å². The molecular formula is C14H28N2O3. The van der Waals surface area contributed by atoms with Crippen molar-refractivity contribution in [3.63, 3.8) is 0 Å². The number of amides is 1. The number of hydrogen-bond acceptors (Lipinski definition) is 4. The second kappa shape index (κ2) is 6.09. The molecule has 0 aromatic rings. The van der Waals surface area contributed by atoms with Crippen molar-refractivity contribution >= 4 is 6.09 Å². The number of piperidine rings is 1. The van der Waals surface area contributed by atoms with Crippen LogP contribution < -0.4 is 0 Å². The van der Waals surface area contributed by atoms with Crippen LogP contribution in [0, 0.1) is 0 Å². The molecule has 1 rings (SSSR count). The Bertz CT molecular complexity index is 302. The van der Waals surface area contributed by atoms with Gasteiger partial charge in [0.2, 0.25) is 0 Å². The summed E-state index contributed by atoms with van der Waals surface area (Å²) in [6.45, 7) is 7.59. The Labute approximate surface area is 116 Å². The standard InChI is InChI=1S/C14H28N2O3/c1-13(2,3)19-12(17)16-10-7-14(18,8-11-16)6-9-15(4)5/h18H,6-11H2,1-5H3. The zero-order chi connectivity index (χ0) is 14.7. The molecule has 0 radical (unpaired) electrons. The number of rotatable bonds is 3. The fourth-order valence-electron chi connectivity index (χ4n) is 2.11. The highest BCUT2D eigenvalue weighted by Crippen LogP contribution is 2.26. The van der Waals surface area contributed by atoms with E-state index in [1.54, 1.807) is 4.90 Å². The van der Waals surface area contributed by atoms with Gasteiger partial charge in [-0.1, -0.05) is 0 Å². The van der Waals surface area contributed by atoms with E-state index in [0.717, 1.165) is 13.0 Å². The summed E-state index contributed by atoms with van der Waals surface area (Å²) in [5.74, 6) is 0. The number of aliphatic hydroxyl groups is 1. The molecule has 0 unspecified atom stereocenters. The summed E-state index contributed by atoms with van der Waals surface area (Å²) in [7, 11) is 4.00. The van der Waals surface area contributed by atoms with Crippen LogP contribution in [0.1, 0.15) is 40.0 Å². The molecule has 1 fully saturated rings. The van der Waals surface area contributed by atoms with Crippen LogP contribution in [-0.2, 0) is 4.74 Å². The van der Waals surface area contributed by atoms with Gasteiger partial charge in [0.1, 0.15) is 5.60 Å². The van der Waals surface area contributed by atoms with E-state index >= 15 is 0 Å². The van der Waals surface area contributed by atoms with E-state index < -0.39 is 11.2 Å². The first-order chi connectivity index (χ1) is 8.61. The lowest BCUT2D eigenvalue weighted by atomic mass is 9.88. The van der Waals surface area contributed by atoms with Crippen LogP contribution in [-0.4, -0.2) is 65.9 Å². The lowest BCUT2D eigenvalue weighted by Crippen LogP contribution is -2.48. The second-order valence-electron chi connectivity index (χ2n) is 6.75. The molecule has 5 heteroatoms. The van der Waals surface area contributed by atoms with Gasteiger partial charge in [0.05, 0.1) is 5.60 Å². The quantitative estimate of drug-likeness (QED) is 0.849. The van der Waals surface area contributed by atoms with Gasteiger partial charge < -0.3 is 19.6 Å². The Kier molecular flexibility index (Phi) is 5.21. The number of carbonyl (C=O) groups is 1. The predicted molar refractivity (Wildman–Crippen MR) is 75.2 cm³/mol. The Balaban J connectivity index is 2.41. The monoisotopic (exact) mass is 272 g/mol. The third kappa shape index (κ3) is 5.78. The number of nitrogens with zero attached hydrogens (tertiary/aromatic N) is 2. The molecule has 0 aliphatic carbocycles. The first-order valence-electron chi connectivity index (χ1n) is 6.96. The molecule has 0 saturated carbocycles. The van der Waals surface area contributed by atoms with E-state index in [0.29, 0.717) is 25.9 Å². The Morgan fingerprint density at radius 1 is 1.32 bits per heavy atom. The van der Waals surface area contributed by atoms with Gasteiger partial charge in [-0.15, -0.1) is 0 Å². The fraction of sp³-hybridized carbons (Fsp3) is 0.929. The smallest absolute Gasteiger partial charge is 0.410 e. The third-order valence-corrected chi connectivity index (χ3v) is 3.37. The van der Waals surface area contributed by atoms with Crippen molar-refractivity contribution in [1.82, 2.24) is 9.80 Å². The van der Waals surface area contributed by atoms with Crippen LogP contribution in [0.3, 0.4) is 0 Å². The number of carbonyl (C=O) groups excluding carboxylic acids is 1. The van der Waals surface area contributed by atoms with Gasteiger partial charge in [0, 0.05) is 19.6 Å². The van der Waals surface area contributed by atoms with Crippen molar-refractivity contribution in [2.45, 2.75) is 51.2 Å². The van der Waals surface area contributed by atoms with E-state index in [-0.39, 0.29) is 6.09 Å². The Hall–Kier alpha value is -0.810. The minimum Gasteiger partial charge on any atom is -0.444 e. The molecule has 112 valence electrons. The molecular weight excluding hydrogens is 244 g/mol. The fourth-order valence-corrected chi connectivity index (χ4v) is 2.11. The summed E-state index contributed by atoms with van der Waals surface area (Å²) in [5, 5.41) is 10.4. The molecule has 1 heterocycles. The molecule has 5 nitrogen and oxygen atoms in total. The molecule has 1 aliphatic rings. The Morgan fingerprint density at radius 2 is 1.84 bits per heavy atom. The van der Waals surface area contributed by atoms with Crippen molar-refractivity contribution in [2.75, 3.05) is 33.7 Å². The van der Waals surface area contributed by atoms with Crippen LogP contribution >= 0.6 is 0 Å². The van der Waals surface area contributed by atoms with E-state index in [2.05, 4.69) is 4.90 Å². The topological polar surface area (TPSA) is 53.0 Å². The number of hydrogen-bond donors (Lipinski definition) is 1. The molecule has 0 atom stereocenters. The normalized spacial score (nSPS) is 19.6. The van der Waals surface area contributed by atoms with Crippen LogP contribution in [0.5, 0.6) is 0 Å². The third-order valence-electron chi connectivity index (χ3n) is 3.37. The number of likely N-dealkylation sites (tertiary alicyclic amines) is 1. The minimum absolute atomic E-state index is 0.276. The molecule has 0 aromatic carbocycles. The highest BCUT2D eigenvalue weighted by Gasteiger charge is 2.35. The number of ether oxygens (including phenoxy) is 1. The maximum absolute atomic E-state index is 11.9. The van der Waals surface area contributed by atoms with Crippen molar-refractivity contribution < 1.29 is 14.6 Å². The van der Waals surface area contributed by atoms with Gasteiger partial charge in [-0.25, -0.2) is 4.79 Å². The molecule has 19 heavy (non-hydrogen) atoms. The van der Waals surface area contributed by atoms with Gasteiger partial charge >= 0.3 is 6.09 Å². The highest BCUT2D eigenvalue weighted by atomic mass is 16.6. The van der Waals surface area contributed by atoms with Gasteiger partial charge in [0.15, 0.2) is 0 Å². The van der Waals surface area contributed by atoms with E-state index in [1.165, 1.54) is 0 Å². The minimum atomic E-state index is -0.636. The zero-order valence-electron chi connectivity index (χ0n) is 12.9. The van der Waals surface area contributed by atoms with Crippen molar-refractivity contribution in [1.29, 1.82) is 0 Å².